The Bertz CT molecular complexity index is 351. The van der Waals surface area contributed by atoms with Crippen LogP contribution in [0, 0.1) is 5.41 Å². The minimum Gasteiger partial charge on any atom is -0.479 e. The Balaban J connectivity index is 0.00000225. The lowest BCUT2D eigenvalue weighted by molar-refractivity contribution is 0.190. The molecule has 0 saturated carbocycles. The SMILES string of the molecule is CCOC(=N)C(O)c1c(Cl)cccc1Cl.Cl. The van der Waals surface area contributed by atoms with Crippen molar-refractivity contribution in [1.82, 2.24) is 0 Å². The first kappa shape index (κ1) is 15.5. The summed E-state index contributed by atoms with van der Waals surface area (Å²) in [6.45, 7) is 2.05. The molecule has 0 saturated heterocycles. The monoisotopic (exact) mass is 283 g/mol. The number of hydrogen-bond acceptors (Lipinski definition) is 3. The maximum atomic E-state index is 9.76. The topological polar surface area (TPSA) is 53.3 Å². The fraction of sp³-hybridized carbons (Fsp3) is 0.300. The Morgan fingerprint density at radius 3 is 2.38 bits per heavy atom. The Hall–Kier alpha value is -0.480. The van der Waals surface area contributed by atoms with Crippen molar-refractivity contribution in [1.29, 1.82) is 5.41 Å². The largest absolute Gasteiger partial charge is 0.479 e. The van der Waals surface area contributed by atoms with Gasteiger partial charge in [-0.15, -0.1) is 12.4 Å². The van der Waals surface area contributed by atoms with Crippen molar-refractivity contribution < 1.29 is 9.84 Å². The molecule has 0 amide bonds. The van der Waals surface area contributed by atoms with Crippen molar-refractivity contribution in [3.8, 4) is 0 Å². The predicted molar refractivity (Wildman–Crippen MR) is 68.0 cm³/mol. The normalized spacial score (nSPS) is 11.5. The number of rotatable bonds is 3. The maximum absolute atomic E-state index is 9.76. The molecule has 0 aliphatic carbocycles. The van der Waals surface area contributed by atoms with E-state index in [-0.39, 0.29) is 18.3 Å². The molecule has 0 aliphatic heterocycles. The van der Waals surface area contributed by atoms with Crippen molar-refractivity contribution in [3.05, 3.63) is 33.8 Å². The molecule has 0 bridgehead atoms. The summed E-state index contributed by atoms with van der Waals surface area (Å²) in [5.41, 5.74) is 0.305. The van der Waals surface area contributed by atoms with Gasteiger partial charge < -0.3 is 9.84 Å². The van der Waals surface area contributed by atoms with E-state index in [4.69, 9.17) is 33.3 Å². The fourth-order valence-electron chi connectivity index (χ4n) is 1.14. The molecule has 1 atom stereocenters. The molecule has 0 spiro atoms. The summed E-state index contributed by atoms with van der Waals surface area (Å²) in [5.74, 6) is -0.257. The van der Waals surface area contributed by atoms with Gasteiger partial charge in [0.2, 0.25) is 5.90 Å². The van der Waals surface area contributed by atoms with Crippen LogP contribution in [-0.4, -0.2) is 17.6 Å². The van der Waals surface area contributed by atoms with E-state index in [1.165, 1.54) is 0 Å². The van der Waals surface area contributed by atoms with Crippen molar-refractivity contribution in [2.45, 2.75) is 13.0 Å². The summed E-state index contributed by atoms with van der Waals surface area (Å²) in [7, 11) is 0. The van der Waals surface area contributed by atoms with Gasteiger partial charge >= 0.3 is 0 Å². The van der Waals surface area contributed by atoms with Crippen LogP contribution < -0.4 is 0 Å². The van der Waals surface area contributed by atoms with Crippen molar-refractivity contribution in [2.75, 3.05) is 6.61 Å². The Morgan fingerprint density at radius 2 is 1.94 bits per heavy atom. The van der Waals surface area contributed by atoms with Crippen LogP contribution in [0.15, 0.2) is 18.2 Å². The molecule has 3 nitrogen and oxygen atoms in total. The molecule has 0 aromatic heterocycles. The van der Waals surface area contributed by atoms with Crippen LogP contribution in [0.4, 0.5) is 0 Å². The van der Waals surface area contributed by atoms with Gasteiger partial charge in [0.15, 0.2) is 6.10 Å². The van der Waals surface area contributed by atoms with Crippen molar-refractivity contribution in [3.63, 3.8) is 0 Å². The van der Waals surface area contributed by atoms with E-state index in [0.717, 1.165) is 0 Å². The van der Waals surface area contributed by atoms with Crippen molar-refractivity contribution >= 4 is 41.5 Å². The molecule has 0 radical (unpaired) electrons. The van der Waals surface area contributed by atoms with Crippen LogP contribution in [0.5, 0.6) is 0 Å². The van der Waals surface area contributed by atoms with Gasteiger partial charge in [0, 0.05) is 15.6 Å². The maximum Gasteiger partial charge on any atom is 0.215 e. The second-order valence-corrected chi connectivity index (χ2v) is 3.65. The summed E-state index contributed by atoms with van der Waals surface area (Å²) < 4.78 is 4.88. The first-order chi connectivity index (χ1) is 7.07. The van der Waals surface area contributed by atoms with Crippen LogP contribution in [0.2, 0.25) is 10.0 Å². The number of ether oxygens (including phenoxy) is 1. The summed E-state index contributed by atoms with van der Waals surface area (Å²) in [6.07, 6.45) is -1.22. The van der Waals surface area contributed by atoms with E-state index in [0.29, 0.717) is 22.2 Å². The fourth-order valence-corrected chi connectivity index (χ4v) is 1.74. The molecule has 0 heterocycles. The van der Waals surface area contributed by atoms with Crippen LogP contribution in [0.25, 0.3) is 0 Å². The third-order valence-corrected chi connectivity index (χ3v) is 2.48. The highest BCUT2D eigenvalue weighted by atomic mass is 35.5. The number of nitrogens with one attached hydrogen (secondary N) is 1. The van der Waals surface area contributed by atoms with E-state index in [1.54, 1.807) is 25.1 Å². The van der Waals surface area contributed by atoms with Crippen LogP contribution in [-0.2, 0) is 4.74 Å². The average molecular weight is 285 g/mol. The Morgan fingerprint density at radius 1 is 1.44 bits per heavy atom. The van der Waals surface area contributed by atoms with Gasteiger partial charge in [0.05, 0.1) is 6.61 Å². The highest BCUT2D eigenvalue weighted by molar-refractivity contribution is 6.36. The zero-order valence-corrected chi connectivity index (χ0v) is 10.9. The van der Waals surface area contributed by atoms with Gasteiger partial charge in [-0.2, -0.15) is 0 Å². The molecule has 2 N–H and O–H groups in total. The van der Waals surface area contributed by atoms with Gasteiger partial charge in [-0.1, -0.05) is 29.3 Å². The third-order valence-electron chi connectivity index (χ3n) is 1.82. The third kappa shape index (κ3) is 3.52. The van der Waals surface area contributed by atoms with E-state index < -0.39 is 6.10 Å². The predicted octanol–water partition coefficient (Wildman–Crippen LogP) is 3.46. The smallest absolute Gasteiger partial charge is 0.215 e. The average Bonchev–Trinajstić information content (AvgIpc) is 2.17. The lowest BCUT2D eigenvalue weighted by Crippen LogP contribution is -2.15. The zero-order valence-electron chi connectivity index (χ0n) is 8.54. The number of aliphatic hydroxyl groups excluding tert-OH is 1. The molecular formula is C10H12Cl3NO2. The lowest BCUT2D eigenvalue weighted by atomic mass is 10.1. The molecule has 16 heavy (non-hydrogen) atoms. The van der Waals surface area contributed by atoms with Gasteiger partial charge in [0.25, 0.3) is 0 Å². The highest BCUT2D eigenvalue weighted by Crippen LogP contribution is 2.30. The standard InChI is InChI=1S/C10H11Cl2NO2.ClH/c1-2-15-10(13)9(14)8-6(11)4-3-5-7(8)12;/h3-5,9,13-14H,2H2,1H3;1H. The van der Waals surface area contributed by atoms with Gasteiger partial charge in [-0.05, 0) is 19.1 Å². The molecular weight excluding hydrogens is 272 g/mol. The molecule has 0 fully saturated rings. The molecule has 1 aromatic carbocycles. The van der Waals surface area contributed by atoms with E-state index in [2.05, 4.69) is 0 Å². The van der Waals surface area contributed by atoms with Crippen molar-refractivity contribution in [2.24, 2.45) is 0 Å². The van der Waals surface area contributed by atoms with Crippen LogP contribution >= 0.6 is 35.6 Å². The second-order valence-electron chi connectivity index (χ2n) is 2.84. The summed E-state index contributed by atoms with van der Waals surface area (Å²) in [6, 6.07) is 4.88. The molecule has 1 rings (SSSR count). The molecule has 0 aliphatic rings. The lowest BCUT2D eigenvalue weighted by Gasteiger charge is -2.15. The Labute approximate surface area is 110 Å². The first-order valence-electron chi connectivity index (χ1n) is 4.41. The number of halogens is 3. The van der Waals surface area contributed by atoms with Crippen LogP contribution in [0.1, 0.15) is 18.6 Å². The summed E-state index contributed by atoms with van der Waals surface area (Å²) >= 11 is 11.7. The zero-order chi connectivity index (χ0) is 11.4. The molecule has 6 heteroatoms. The molecule has 90 valence electrons. The van der Waals surface area contributed by atoms with Gasteiger partial charge in [-0.3, -0.25) is 5.41 Å². The summed E-state index contributed by atoms with van der Waals surface area (Å²) in [4.78, 5) is 0. The highest BCUT2D eigenvalue weighted by Gasteiger charge is 2.20. The molecule has 1 unspecified atom stereocenters. The van der Waals surface area contributed by atoms with Gasteiger partial charge in [-0.25, -0.2) is 0 Å². The number of hydrogen-bond donors (Lipinski definition) is 2. The van der Waals surface area contributed by atoms with Gasteiger partial charge in [0.1, 0.15) is 0 Å². The van der Waals surface area contributed by atoms with E-state index in [1.807, 2.05) is 0 Å². The van der Waals surface area contributed by atoms with E-state index >= 15 is 0 Å². The number of benzene rings is 1. The van der Waals surface area contributed by atoms with Crippen LogP contribution in [0.3, 0.4) is 0 Å². The quantitative estimate of drug-likeness (QED) is 0.660. The molecule has 1 aromatic rings. The summed E-state index contributed by atoms with van der Waals surface area (Å²) in [5, 5.41) is 17.8. The van der Waals surface area contributed by atoms with E-state index in [9.17, 15) is 5.11 Å². The minimum absolute atomic E-state index is 0. The minimum atomic E-state index is -1.22. The second kappa shape index (κ2) is 6.97. The Kier molecular flexibility index (Phi) is 6.76. The first-order valence-corrected chi connectivity index (χ1v) is 5.16. The number of aliphatic hydroxyl groups is 1.